The first kappa shape index (κ1) is 15.1. The number of carbonyl (C=O) groups excluding carboxylic acids is 1. The molecule has 94 valence electrons. The normalized spacial score (nSPS) is 16.2. The van der Waals surface area contributed by atoms with Crippen molar-refractivity contribution in [3.05, 3.63) is 0 Å². The lowest BCUT2D eigenvalue weighted by Gasteiger charge is -2.11. The fourth-order valence-electron chi connectivity index (χ4n) is 0.930. The van der Waals surface area contributed by atoms with Gasteiger partial charge in [0.25, 0.3) is 0 Å². The molecule has 0 heterocycles. The number of carbonyl (C=O) groups is 2. The van der Waals surface area contributed by atoms with E-state index in [1.54, 1.807) is 6.92 Å². The van der Waals surface area contributed by atoms with Crippen molar-refractivity contribution in [3.63, 3.8) is 0 Å². The fourth-order valence-corrected chi connectivity index (χ4v) is 2.00. The maximum Gasteiger partial charge on any atom is 0.378 e. The Hall–Kier alpha value is -0.910. The molecule has 0 radical (unpaired) electrons. The number of rotatable bonds is 7. The summed E-state index contributed by atoms with van der Waals surface area (Å²) in [5, 5.41) is 8.43. The molecule has 8 heteroatoms. The van der Waals surface area contributed by atoms with E-state index in [0.717, 1.165) is 0 Å². The van der Waals surface area contributed by atoms with Gasteiger partial charge in [-0.05, 0) is 12.8 Å². The first-order valence-corrected chi connectivity index (χ1v) is 6.57. The average Bonchev–Trinajstić information content (AvgIpc) is 2.12. The van der Waals surface area contributed by atoms with E-state index in [-0.39, 0.29) is 19.0 Å². The number of hydrogen-bond donors (Lipinski definition) is 3. The predicted molar refractivity (Wildman–Crippen MR) is 55.9 cm³/mol. The van der Waals surface area contributed by atoms with Gasteiger partial charge in [-0.25, -0.2) is 4.57 Å². The summed E-state index contributed by atoms with van der Waals surface area (Å²) < 4.78 is 15.5. The average molecular weight is 253 g/mol. The summed E-state index contributed by atoms with van der Waals surface area (Å²) >= 11 is 0. The van der Waals surface area contributed by atoms with Gasteiger partial charge in [0.05, 0.1) is 6.16 Å². The van der Waals surface area contributed by atoms with Crippen LogP contribution in [0.15, 0.2) is 0 Å². The van der Waals surface area contributed by atoms with Crippen LogP contribution in [0.2, 0.25) is 0 Å². The molecule has 0 saturated heterocycles. The Kier molecular flexibility index (Phi) is 6.25. The van der Waals surface area contributed by atoms with Crippen LogP contribution < -0.4 is 5.73 Å². The Bertz CT molecular complexity index is 305. The molecule has 0 aliphatic heterocycles. The van der Waals surface area contributed by atoms with Crippen LogP contribution in [0.4, 0.5) is 0 Å². The second-order valence-electron chi connectivity index (χ2n) is 3.31. The van der Waals surface area contributed by atoms with E-state index in [4.69, 9.17) is 15.7 Å². The maximum absolute atomic E-state index is 11.2. The number of hydrogen-bond acceptors (Lipinski definition) is 5. The summed E-state index contributed by atoms with van der Waals surface area (Å²) in [5.41, 5.74) is 5.15. The van der Waals surface area contributed by atoms with Gasteiger partial charge >= 0.3 is 19.5 Å². The minimum atomic E-state index is -3.87. The highest BCUT2D eigenvalue weighted by Crippen LogP contribution is 2.42. The van der Waals surface area contributed by atoms with E-state index in [9.17, 15) is 14.2 Å². The summed E-state index contributed by atoms with van der Waals surface area (Å²) in [7, 11) is -3.87. The second-order valence-corrected chi connectivity index (χ2v) is 5.21. The van der Waals surface area contributed by atoms with Gasteiger partial charge in [-0.15, -0.1) is 0 Å². The molecule has 0 saturated carbocycles. The third-order valence-electron chi connectivity index (χ3n) is 1.73. The Morgan fingerprint density at radius 3 is 2.50 bits per heavy atom. The number of aliphatic carboxylic acids is 1. The lowest BCUT2D eigenvalue weighted by atomic mass is 10.2. The first-order valence-electron chi connectivity index (χ1n) is 4.81. The summed E-state index contributed by atoms with van der Waals surface area (Å²) in [6.45, 7) is 1.68. The molecule has 0 aromatic rings. The summed E-state index contributed by atoms with van der Waals surface area (Å²) in [6.07, 6.45) is -0.110. The van der Waals surface area contributed by atoms with Crippen molar-refractivity contribution in [1.29, 1.82) is 0 Å². The number of nitrogens with two attached hydrogens (primary N) is 1. The van der Waals surface area contributed by atoms with Gasteiger partial charge in [0.1, 0.15) is 6.04 Å². The number of carboxylic acid groups (broad SMARTS) is 1. The van der Waals surface area contributed by atoms with E-state index < -0.39 is 25.6 Å². The van der Waals surface area contributed by atoms with Gasteiger partial charge in [0, 0.05) is 6.42 Å². The topological polar surface area (TPSA) is 127 Å². The van der Waals surface area contributed by atoms with E-state index >= 15 is 0 Å². The third-order valence-corrected chi connectivity index (χ3v) is 3.23. The van der Waals surface area contributed by atoms with Gasteiger partial charge in [-0.3, -0.25) is 9.59 Å². The molecule has 0 bridgehead atoms. The van der Waals surface area contributed by atoms with Gasteiger partial charge in [0.2, 0.25) is 0 Å². The van der Waals surface area contributed by atoms with E-state index in [1.165, 1.54) is 0 Å². The zero-order valence-corrected chi connectivity index (χ0v) is 9.85. The molecule has 0 amide bonds. The smallest absolute Gasteiger partial charge is 0.378 e. The highest BCUT2D eigenvalue weighted by atomic mass is 31.2. The van der Waals surface area contributed by atoms with Crippen LogP contribution in [0.25, 0.3) is 0 Å². The second kappa shape index (κ2) is 6.62. The van der Waals surface area contributed by atoms with Crippen LogP contribution in [-0.4, -0.2) is 34.1 Å². The van der Waals surface area contributed by atoms with Crippen LogP contribution in [0.5, 0.6) is 0 Å². The van der Waals surface area contributed by atoms with Crippen LogP contribution in [0.3, 0.4) is 0 Å². The molecule has 0 rings (SSSR count). The molecule has 2 atom stereocenters. The summed E-state index contributed by atoms with van der Waals surface area (Å²) in [6, 6.07) is -1.17. The quantitative estimate of drug-likeness (QED) is 0.557. The van der Waals surface area contributed by atoms with Crippen LogP contribution in [-0.2, 0) is 18.7 Å². The molecule has 0 aliphatic rings. The van der Waals surface area contributed by atoms with Crippen molar-refractivity contribution in [2.45, 2.75) is 32.2 Å². The molecule has 1 unspecified atom stereocenters. The van der Waals surface area contributed by atoms with Crippen molar-refractivity contribution < 1.29 is 28.7 Å². The zero-order chi connectivity index (χ0) is 12.8. The summed E-state index contributed by atoms with van der Waals surface area (Å²) in [4.78, 5) is 30.5. The molecule has 0 fully saturated rings. The minimum absolute atomic E-state index is 0.107. The van der Waals surface area contributed by atoms with Crippen LogP contribution >= 0.6 is 7.60 Å². The zero-order valence-electron chi connectivity index (χ0n) is 8.96. The molecule has 16 heavy (non-hydrogen) atoms. The van der Waals surface area contributed by atoms with E-state index in [0.29, 0.717) is 6.42 Å². The fraction of sp³-hybridized carbons (Fsp3) is 0.750. The van der Waals surface area contributed by atoms with Crippen molar-refractivity contribution in [2.24, 2.45) is 5.73 Å². The molecular weight excluding hydrogens is 237 g/mol. The van der Waals surface area contributed by atoms with E-state index in [2.05, 4.69) is 4.52 Å². The van der Waals surface area contributed by atoms with Crippen molar-refractivity contribution in [2.75, 3.05) is 6.16 Å². The van der Waals surface area contributed by atoms with Crippen LogP contribution in [0, 0.1) is 0 Å². The third kappa shape index (κ3) is 6.55. The molecule has 7 nitrogen and oxygen atoms in total. The Morgan fingerprint density at radius 2 is 2.06 bits per heavy atom. The Morgan fingerprint density at radius 1 is 1.50 bits per heavy atom. The lowest BCUT2D eigenvalue weighted by molar-refractivity contribution is -0.139. The molecule has 0 spiro atoms. The lowest BCUT2D eigenvalue weighted by Crippen LogP contribution is -2.30. The van der Waals surface area contributed by atoms with Crippen molar-refractivity contribution in [1.82, 2.24) is 0 Å². The van der Waals surface area contributed by atoms with Crippen molar-refractivity contribution >= 4 is 19.5 Å². The van der Waals surface area contributed by atoms with Gasteiger partial charge in [-0.2, -0.15) is 0 Å². The van der Waals surface area contributed by atoms with Crippen LogP contribution in [0.1, 0.15) is 26.2 Å². The van der Waals surface area contributed by atoms with E-state index in [1.807, 2.05) is 0 Å². The standard InChI is InChI=1S/C8H16NO6P/c1-2-5-16(13,14)15-7(10)4-3-6(9)8(11)12/h6H,2-5,9H2,1H3,(H,11,12)(H,13,14)/t6-/m0/s1. The van der Waals surface area contributed by atoms with Gasteiger partial charge < -0.3 is 20.3 Å². The Balaban J connectivity index is 4.00. The van der Waals surface area contributed by atoms with Gasteiger partial charge in [-0.1, -0.05) is 6.92 Å². The number of carboxylic acids is 1. The highest BCUT2D eigenvalue weighted by molar-refractivity contribution is 7.53. The predicted octanol–water partition coefficient (Wildman–Crippen LogP) is 0.317. The molecule has 4 N–H and O–H groups in total. The monoisotopic (exact) mass is 253 g/mol. The maximum atomic E-state index is 11.2. The van der Waals surface area contributed by atoms with Gasteiger partial charge in [0.15, 0.2) is 0 Å². The van der Waals surface area contributed by atoms with Crippen molar-refractivity contribution in [3.8, 4) is 0 Å². The summed E-state index contributed by atoms with van der Waals surface area (Å²) in [5.74, 6) is -2.13. The SMILES string of the molecule is CCCP(=O)(O)OC(=O)CC[C@H](N)C(=O)O. The highest BCUT2D eigenvalue weighted by Gasteiger charge is 2.23. The minimum Gasteiger partial charge on any atom is -0.480 e. The molecule has 0 aliphatic carbocycles. The molecular formula is C8H16NO6P. The first-order chi connectivity index (χ1) is 7.28. The largest absolute Gasteiger partial charge is 0.480 e. The molecule has 0 aromatic heterocycles. The Labute approximate surface area is 93.1 Å². The molecule has 0 aromatic carbocycles.